The molecular weight excluding hydrogens is 234 g/mol. The number of hydrogen-bond acceptors (Lipinski definition) is 4. The number of nitrogens with one attached hydrogen (secondary N) is 1. The summed E-state index contributed by atoms with van der Waals surface area (Å²) >= 11 is 0. The predicted molar refractivity (Wildman–Crippen MR) is 65.0 cm³/mol. The number of aromatic nitrogens is 3. The lowest BCUT2D eigenvalue weighted by atomic mass is 10.3. The van der Waals surface area contributed by atoms with Crippen molar-refractivity contribution in [2.75, 3.05) is 7.11 Å². The third kappa shape index (κ3) is 1.39. The first-order valence-corrected chi connectivity index (χ1v) is 5.29. The summed E-state index contributed by atoms with van der Waals surface area (Å²) in [7, 11) is 1.26. The average Bonchev–Trinajstić information content (AvgIpc) is 2.87. The monoisotopic (exact) mass is 243 g/mol. The van der Waals surface area contributed by atoms with Crippen molar-refractivity contribution in [2.45, 2.75) is 0 Å². The number of hydrogen-bond donors (Lipinski definition) is 1. The molecule has 0 aliphatic heterocycles. The van der Waals surface area contributed by atoms with Crippen molar-refractivity contribution in [3.63, 3.8) is 0 Å². The van der Waals surface area contributed by atoms with Crippen LogP contribution in [-0.4, -0.2) is 27.4 Å². The van der Waals surface area contributed by atoms with Gasteiger partial charge in [-0.25, -0.2) is 14.2 Å². The van der Waals surface area contributed by atoms with Crippen LogP contribution in [0.3, 0.4) is 0 Å². The molecule has 0 saturated carbocycles. The van der Waals surface area contributed by atoms with E-state index in [1.807, 2.05) is 18.2 Å². The first-order chi connectivity index (χ1) is 8.70. The lowest BCUT2D eigenvalue weighted by Crippen LogP contribution is -2.27. The zero-order valence-electron chi connectivity index (χ0n) is 9.51. The van der Waals surface area contributed by atoms with E-state index < -0.39 is 5.97 Å². The number of methoxy groups -OCH3 is 1. The molecule has 0 unspecified atom stereocenters. The maximum Gasteiger partial charge on any atom is 0.332 e. The summed E-state index contributed by atoms with van der Waals surface area (Å²) in [4.78, 5) is 30.3. The molecule has 0 bridgehead atoms. The van der Waals surface area contributed by atoms with E-state index in [1.165, 1.54) is 11.5 Å². The van der Waals surface area contributed by atoms with E-state index in [-0.39, 0.29) is 10.9 Å². The van der Waals surface area contributed by atoms with Gasteiger partial charge in [0, 0.05) is 0 Å². The molecule has 0 fully saturated rings. The molecule has 0 aliphatic carbocycles. The third-order valence-corrected chi connectivity index (χ3v) is 2.70. The molecule has 6 heteroatoms. The molecule has 3 aromatic rings. The van der Waals surface area contributed by atoms with Crippen molar-refractivity contribution >= 4 is 28.9 Å². The summed E-state index contributed by atoms with van der Waals surface area (Å²) in [5.41, 5.74) is 1.12. The van der Waals surface area contributed by atoms with Crippen LogP contribution in [0.15, 0.2) is 29.1 Å². The molecular formula is C12H9N3O3. The summed E-state index contributed by atoms with van der Waals surface area (Å²) in [6.07, 6.45) is 1.12. The number of fused-ring (bicyclic) bond motifs is 3. The number of carbonyl (C=O) groups excluding carboxylic acids is 1. The van der Waals surface area contributed by atoms with Crippen LogP contribution in [-0.2, 0) is 9.53 Å². The van der Waals surface area contributed by atoms with Gasteiger partial charge in [0.2, 0.25) is 5.78 Å². The van der Waals surface area contributed by atoms with Gasteiger partial charge in [-0.05, 0) is 12.1 Å². The van der Waals surface area contributed by atoms with E-state index in [1.54, 1.807) is 6.07 Å². The normalized spacial score (nSPS) is 12.4. The quantitative estimate of drug-likeness (QED) is 0.603. The standard InChI is InChI=1S/C12H9N3O3/c1-18-10(16)6-8-11(17)15-9-5-3-2-4-7(9)13-12(15)14-8/h2-6H,1H3,(H,13,14)/b8-6-. The molecule has 2 heterocycles. The van der Waals surface area contributed by atoms with Gasteiger partial charge in [-0.15, -0.1) is 0 Å². The van der Waals surface area contributed by atoms with Gasteiger partial charge in [-0.2, -0.15) is 0 Å². The molecule has 0 amide bonds. The zero-order chi connectivity index (χ0) is 12.7. The van der Waals surface area contributed by atoms with Crippen LogP contribution in [0.4, 0.5) is 0 Å². The lowest BCUT2D eigenvalue weighted by molar-refractivity contribution is -0.133. The molecule has 0 aliphatic rings. The van der Waals surface area contributed by atoms with Gasteiger partial charge in [0.1, 0.15) is 5.35 Å². The Hall–Kier alpha value is -2.63. The number of nitrogens with zero attached hydrogens (tertiary/aromatic N) is 2. The Morgan fingerprint density at radius 1 is 1.44 bits per heavy atom. The zero-order valence-corrected chi connectivity index (χ0v) is 9.51. The summed E-state index contributed by atoms with van der Waals surface area (Å²) in [6, 6.07) is 7.29. The minimum absolute atomic E-state index is 0.162. The van der Waals surface area contributed by atoms with Crippen LogP contribution in [0.1, 0.15) is 0 Å². The summed E-state index contributed by atoms with van der Waals surface area (Å²) < 4.78 is 5.92. The first-order valence-electron chi connectivity index (χ1n) is 5.29. The Labute approximate surface area is 101 Å². The van der Waals surface area contributed by atoms with E-state index in [0.29, 0.717) is 11.3 Å². The van der Waals surface area contributed by atoms with E-state index in [4.69, 9.17) is 0 Å². The molecule has 18 heavy (non-hydrogen) atoms. The van der Waals surface area contributed by atoms with Crippen LogP contribution in [0.5, 0.6) is 0 Å². The summed E-state index contributed by atoms with van der Waals surface area (Å²) in [6.45, 7) is 0. The van der Waals surface area contributed by atoms with Crippen molar-refractivity contribution in [1.82, 2.24) is 14.4 Å². The fourth-order valence-electron chi connectivity index (χ4n) is 1.88. The third-order valence-electron chi connectivity index (χ3n) is 2.70. The lowest BCUT2D eigenvalue weighted by Gasteiger charge is -1.87. The molecule has 1 aromatic carbocycles. The number of esters is 1. The minimum atomic E-state index is -0.582. The molecule has 0 radical (unpaired) electrons. The fourth-order valence-corrected chi connectivity index (χ4v) is 1.88. The fraction of sp³-hybridized carbons (Fsp3) is 0.0833. The molecule has 6 nitrogen and oxygen atoms in total. The molecule has 1 N–H and O–H groups in total. The number of carbonyl (C=O) groups is 1. The van der Waals surface area contributed by atoms with E-state index in [9.17, 15) is 9.59 Å². The highest BCUT2D eigenvalue weighted by molar-refractivity contribution is 5.99. The van der Waals surface area contributed by atoms with Crippen LogP contribution in [0.2, 0.25) is 0 Å². The van der Waals surface area contributed by atoms with Gasteiger partial charge >= 0.3 is 5.97 Å². The van der Waals surface area contributed by atoms with E-state index >= 15 is 0 Å². The van der Waals surface area contributed by atoms with E-state index in [0.717, 1.165) is 11.6 Å². The van der Waals surface area contributed by atoms with Gasteiger partial charge in [-0.1, -0.05) is 12.1 Å². The number of aromatic amines is 1. The Bertz CT molecular complexity index is 860. The SMILES string of the molecule is COC(=O)/C=c1\[nH]c2nc3ccccc3n2c1=O. The number of benzene rings is 1. The highest BCUT2D eigenvalue weighted by Gasteiger charge is 2.10. The summed E-state index contributed by atoms with van der Waals surface area (Å²) in [5, 5.41) is 0.162. The Morgan fingerprint density at radius 3 is 3.00 bits per heavy atom. The second kappa shape index (κ2) is 3.69. The number of rotatable bonds is 1. The van der Waals surface area contributed by atoms with Gasteiger partial charge in [0.25, 0.3) is 5.56 Å². The topological polar surface area (TPSA) is 76.5 Å². The van der Waals surface area contributed by atoms with Gasteiger partial charge in [-0.3, -0.25) is 4.79 Å². The molecule has 90 valence electrons. The second-order valence-corrected chi connectivity index (χ2v) is 3.77. The molecule has 0 atom stereocenters. The average molecular weight is 243 g/mol. The van der Waals surface area contributed by atoms with Gasteiger partial charge in [0.15, 0.2) is 0 Å². The molecule has 3 rings (SSSR count). The predicted octanol–water partition coefficient (Wildman–Crippen LogP) is -0.152. The largest absolute Gasteiger partial charge is 0.466 e. The highest BCUT2D eigenvalue weighted by atomic mass is 16.5. The van der Waals surface area contributed by atoms with Crippen molar-refractivity contribution < 1.29 is 9.53 Å². The maximum absolute atomic E-state index is 12.1. The Kier molecular flexibility index (Phi) is 2.16. The van der Waals surface area contributed by atoms with Gasteiger partial charge < -0.3 is 9.72 Å². The Balaban J connectivity index is 2.40. The molecule has 2 aromatic heterocycles. The Morgan fingerprint density at radius 2 is 2.22 bits per heavy atom. The van der Waals surface area contributed by atoms with Crippen molar-refractivity contribution in [1.29, 1.82) is 0 Å². The van der Waals surface area contributed by atoms with Crippen molar-refractivity contribution in [3.8, 4) is 0 Å². The number of ether oxygens (including phenoxy) is 1. The van der Waals surface area contributed by atoms with Crippen LogP contribution >= 0.6 is 0 Å². The smallest absolute Gasteiger partial charge is 0.332 e. The minimum Gasteiger partial charge on any atom is -0.466 e. The molecule has 0 saturated heterocycles. The first kappa shape index (κ1) is 10.5. The number of imidazole rings is 2. The second-order valence-electron chi connectivity index (χ2n) is 3.77. The maximum atomic E-state index is 12.1. The van der Waals surface area contributed by atoms with Crippen LogP contribution < -0.4 is 10.9 Å². The van der Waals surface area contributed by atoms with Crippen molar-refractivity contribution in [2.24, 2.45) is 0 Å². The highest BCUT2D eigenvalue weighted by Crippen LogP contribution is 2.11. The van der Waals surface area contributed by atoms with Crippen LogP contribution in [0.25, 0.3) is 22.9 Å². The summed E-state index contributed by atoms with van der Waals surface area (Å²) in [5.74, 6) is -0.169. The van der Waals surface area contributed by atoms with E-state index in [2.05, 4.69) is 14.7 Å². The number of H-pyrrole nitrogens is 1. The van der Waals surface area contributed by atoms with Crippen molar-refractivity contribution in [3.05, 3.63) is 40.0 Å². The van der Waals surface area contributed by atoms with Crippen LogP contribution in [0, 0.1) is 0 Å². The van der Waals surface area contributed by atoms with Gasteiger partial charge in [0.05, 0.1) is 24.2 Å². The molecule has 0 spiro atoms. The number of para-hydroxylation sites is 2.